The van der Waals surface area contributed by atoms with Gasteiger partial charge in [0.05, 0.1) is 4.92 Å². The van der Waals surface area contributed by atoms with Gasteiger partial charge in [-0.2, -0.15) is 0 Å². The van der Waals surface area contributed by atoms with Crippen LogP contribution < -0.4 is 5.63 Å². The Hall–Kier alpha value is -1.59. The predicted molar refractivity (Wildman–Crippen MR) is 30.6 cm³/mol. The third kappa shape index (κ3) is 0.903. The second kappa shape index (κ2) is 1.98. The second-order valence-corrected chi connectivity index (χ2v) is 1.70. The molecule has 1 aromatic heterocycles. The third-order valence-electron chi connectivity index (χ3n) is 0.937. The van der Waals surface area contributed by atoms with E-state index in [2.05, 4.69) is 4.52 Å². The average molecular weight is 144 g/mol. The van der Waals surface area contributed by atoms with E-state index in [-0.39, 0.29) is 0 Å². The Morgan fingerprint density at radius 2 is 2.40 bits per heavy atom. The zero-order valence-electron chi connectivity index (χ0n) is 5.10. The highest BCUT2D eigenvalue weighted by molar-refractivity contribution is 5.18. The molecule has 0 spiro atoms. The van der Waals surface area contributed by atoms with Crippen LogP contribution in [0.3, 0.4) is 0 Å². The van der Waals surface area contributed by atoms with Crippen LogP contribution in [0, 0.1) is 10.1 Å². The number of hydrogen-bond acceptors (Lipinski definition) is 4. The Bertz CT molecular complexity index is 309. The minimum atomic E-state index is -0.924. The number of nitrogens with zero attached hydrogens (tertiary/aromatic N) is 2. The average Bonchev–Trinajstić information content (AvgIpc) is 2.10. The van der Waals surface area contributed by atoms with Crippen LogP contribution in [-0.2, 0) is 7.05 Å². The summed E-state index contributed by atoms with van der Waals surface area (Å²) in [7, 11) is 1.40. The number of rotatable bonds is 1. The predicted octanol–water partition coefficient (Wildman–Crippen LogP) is -0.114. The van der Waals surface area contributed by atoms with Gasteiger partial charge in [-0.15, -0.1) is 0 Å². The molecule has 0 N–H and O–H groups in total. The normalized spacial score (nSPS) is 9.70. The van der Waals surface area contributed by atoms with Crippen LogP contribution in [0.4, 0.5) is 5.69 Å². The molecule has 54 valence electrons. The summed E-state index contributed by atoms with van der Waals surface area (Å²) in [6.45, 7) is 0. The van der Waals surface area contributed by atoms with E-state index in [9.17, 15) is 14.9 Å². The molecule has 0 fully saturated rings. The van der Waals surface area contributed by atoms with E-state index in [0.717, 1.165) is 10.9 Å². The first-order valence-electron chi connectivity index (χ1n) is 2.42. The maximum atomic E-state index is 10.5. The van der Waals surface area contributed by atoms with Crippen molar-refractivity contribution in [1.82, 2.24) is 4.74 Å². The van der Waals surface area contributed by atoms with E-state index >= 15 is 0 Å². The molecule has 0 bridgehead atoms. The van der Waals surface area contributed by atoms with Crippen LogP contribution in [0.5, 0.6) is 0 Å². The molecule has 0 amide bonds. The smallest absolute Gasteiger partial charge is 0.331 e. The monoisotopic (exact) mass is 144 g/mol. The van der Waals surface area contributed by atoms with Crippen LogP contribution in [0.1, 0.15) is 0 Å². The molecule has 0 aliphatic rings. The van der Waals surface area contributed by atoms with Crippen molar-refractivity contribution in [2.24, 2.45) is 7.05 Å². The number of aryl methyl sites for hydroxylation is 1. The molecule has 0 atom stereocenters. The van der Waals surface area contributed by atoms with Gasteiger partial charge in [-0.1, -0.05) is 0 Å². The highest BCUT2D eigenvalue weighted by Crippen LogP contribution is 2.00. The molecule has 0 unspecified atom stereocenters. The summed E-state index contributed by atoms with van der Waals surface area (Å²) in [5.74, 6) is 0. The van der Waals surface area contributed by atoms with Crippen molar-refractivity contribution in [2.75, 3.05) is 0 Å². The van der Waals surface area contributed by atoms with Crippen molar-refractivity contribution >= 4 is 5.69 Å². The van der Waals surface area contributed by atoms with E-state index in [4.69, 9.17) is 0 Å². The van der Waals surface area contributed by atoms with Gasteiger partial charge in [-0.05, 0) is 0 Å². The summed E-state index contributed by atoms with van der Waals surface area (Å²) >= 11 is 0. The molecule has 1 rings (SSSR count). The quantitative estimate of drug-likeness (QED) is 0.406. The molecule has 0 saturated carbocycles. The Balaban J connectivity index is 3.29. The largest absolute Gasteiger partial charge is 0.435 e. The molecule has 6 heteroatoms. The maximum absolute atomic E-state index is 10.5. The van der Waals surface area contributed by atoms with Crippen LogP contribution in [0.2, 0.25) is 0 Å². The first kappa shape index (κ1) is 6.53. The molecule has 0 radical (unpaired) electrons. The summed E-state index contributed by atoms with van der Waals surface area (Å²) < 4.78 is 5.28. The Kier molecular flexibility index (Phi) is 1.29. The first-order valence-corrected chi connectivity index (χ1v) is 2.42. The van der Waals surface area contributed by atoms with Crippen molar-refractivity contribution < 1.29 is 9.45 Å². The lowest BCUT2D eigenvalue weighted by molar-refractivity contribution is -0.386. The topological polar surface area (TPSA) is 78.3 Å². The highest BCUT2D eigenvalue weighted by Gasteiger charge is 2.15. The molecule has 1 aromatic rings. The minimum absolute atomic E-state index is 0.539. The van der Waals surface area contributed by atoms with Gasteiger partial charge in [0.15, 0.2) is 0 Å². The van der Waals surface area contributed by atoms with Gasteiger partial charge in [0.25, 0.3) is 0 Å². The number of aromatic nitrogens is 1. The van der Waals surface area contributed by atoms with E-state index in [1.54, 1.807) is 0 Å². The lowest BCUT2D eigenvalue weighted by Gasteiger charge is -1.77. The molecule has 6 nitrogen and oxygen atoms in total. The number of nitro groups is 1. The summed E-state index contributed by atoms with van der Waals surface area (Å²) in [6, 6.07) is 0. The lowest BCUT2D eigenvalue weighted by atomic mass is 10.6. The standard InChI is InChI=1S/C4H4N2O4/c1-5-2-3(6(8)9)4(7)10-5/h2H,1H3. The first-order chi connectivity index (χ1) is 4.61. The van der Waals surface area contributed by atoms with Crippen LogP contribution in [-0.4, -0.2) is 9.66 Å². The van der Waals surface area contributed by atoms with Crippen molar-refractivity contribution in [1.29, 1.82) is 0 Å². The zero-order chi connectivity index (χ0) is 7.72. The zero-order valence-corrected chi connectivity index (χ0v) is 5.10. The number of hydrogen-bond donors (Lipinski definition) is 0. The summed E-state index contributed by atoms with van der Waals surface area (Å²) in [4.78, 5) is 19.6. The fraction of sp³-hybridized carbons (Fsp3) is 0.250. The molecule has 0 saturated heterocycles. The Morgan fingerprint density at radius 3 is 2.60 bits per heavy atom. The van der Waals surface area contributed by atoms with Gasteiger partial charge in [0.1, 0.15) is 6.20 Å². The highest BCUT2D eigenvalue weighted by atomic mass is 16.6. The van der Waals surface area contributed by atoms with E-state index < -0.39 is 16.2 Å². The van der Waals surface area contributed by atoms with Gasteiger partial charge in [-0.3, -0.25) is 10.1 Å². The van der Waals surface area contributed by atoms with E-state index in [1.165, 1.54) is 7.05 Å². The van der Waals surface area contributed by atoms with Crippen molar-refractivity contribution in [3.63, 3.8) is 0 Å². The lowest BCUT2D eigenvalue weighted by Crippen LogP contribution is -2.00. The van der Waals surface area contributed by atoms with Crippen LogP contribution in [0.15, 0.2) is 15.5 Å². The van der Waals surface area contributed by atoms with Crippen molar-refractivity contribution in [3.05, 3.63) is 26.7 Å². The fourth-order valence-corrected chi connectivity index (χ4v) is 0.550. The Labute approximate surface area is 54.8 Å². The summed E-state index contributed by atoms with van der Waals surface area (Å²) in [5.41, 5.74) is -1.46. The molecule has 0 aromatic carbocycles. The fourth-order valence-electron chi connectivity index (χ4n) is 0.550. The molecule has 10 heavy (non-hydrogen) atoms. The molecular weight excluding hydrogens is 140 g/mol. The molecule has 0 aliphatic heterocycles. The minimum Gasteiger partial charge on any atom is -0.331 e. The van der Waals surface area contributed by atoms with Crippen molar-refractivity contribution in [2.45, 2.75) is 0 Å². The van der Waals surface area contributed by atoms with E-state index in [1.807, 2.05) is 0 Å². The van der Waals surface area contributed by atoms with Gasteiger partial charge < -0.3 is 4.52 Å². The van der Waals surface area contributed by atoms with Crippen LogP contribution in [0.25, 0.3) is 0 Å². The molecular formula is C4H4N2O4. The molecule has 1 heterocycles. The van der Waals surface area contributed by atoms with Crippen LogP contribution >= 0.6 is 0 Å². The molecule has 0 aliphatic carbocycles. The van der Waals surface area contributed by atoms with Gasteiger partial charge >= 0.3 is 11.3 Å². The second-order valence-electron chi connectivity index (χ2n) is 1.70. The summed E-state index contributed by atoms with van der Waals surface area (Å²) in [5, 5.41) is 9.97. The van der Waals surface area contributed by atoms with Gasteiger partial charge in [-0.25, -0.2) is 9.53 Å². The summed E-state index contributed by atoms with van der Waals surface area (Å²) in [6.07, 6.45) is 1.02. The maximum Gasteiger partial charge on any atom is 0.435 e. The van der Waals surface area contributed by atoms with Crippen molar-refractivity contribution in [3.8, 4) is 0 Å². The van der Waals surface area contributed by atoms with Gasteiger partial charge in [0.2, 0.25) is 0 Å². The third-order valence-corrected chi connectivity index (χ3v) is 0.937. The Morgan fingerprint density at radius 1 is 1.80 bits per heavy atom. The van der Waals surface area contributed by atoms with Gasteiger partial charge in [0, 0.05) is 7.05 Å². The van der Waals surface area contributed by atoms with E-state index in [0.29, 0.717) is 0 Å². The SMILES string of the molecule is Cn1cc([N+](=O)[O-])c(=O)o1.